The first-order chi connectivity index (χ1) is 6.58. The van der Waals surface area contributed by atoms with Gasteiger partial charge in [-0.2, -0.15) is 0 Å². The van der Waals surface area contributed by atoms with Gasteiger partial charge in [0.2, 0.25) is 0 Å². The van der Waals surface area contributed by atoms with Gasteiger partial charge in [0.25, 0.3) is 0 Å². The SMILES string of the molecule is CC(C)(NC(=O)NC1CCC1)C1CC1. The molecule has 0 aromatic heterocycles. The van der Waals surface area contributed by atoms with Gasteiger partial charge in [-0.15, -0.1) is 0 Å². The second-order valence-electron chi connectivity index (χ2n) is 5.22. The highest BCUT2D eigenvalue weighted by molar-refractivity contribution is 5.75. The van der Waals surface area contributed by atoms with E-state index < -0.39 is 0 Å². The summed E-state index contributed by atoms with van der Waals surface area (Å²) in [5.41, 5.74) is -0.0200. The van der Waals surface area contributed by atoms with E-state index in [1.165, 1.54) is 19.3 Å². The van der Waals surface area contributed by atoms with Gasteiger partial charge < -0.3 is 10.6 Å². The molecule has 80 valence electrons. The molecule has 0 heterocycles. The lowest BCUT2D eigenvalue weighted by Gasteiger charge is -2.31. The minimum atomic E-state index is -0.0200. The molecule has 2 amide bonds. The van der Waals surface area contributed by atoms with Crippen molar-refractivity contribution in [2.75, 3.05) is 0 Å². The largest absolute Gasteiger partial charge is 0.335 e. The van der Waals surface area contributed by atoms with Gasteiger partial charge in [-0.3, -0.25) is 0 Å². The molecule has 2 rings (SSSR count). The molecule has 3 heteroatoms. The first-order valence-corrected chi connectivity index (χ1v) is 5.66. The van der Waals surface area contributed by atoms with Crippen LogP contribution in [0.4, 0.5) is 4.79 Å². The summed E-state index contributed by atoms with van der Waals surface area (Å²) < 4.78 is 0. The maximum Gasteiger partial charge on any atom is 0.315 e. The van der Waals surface area contributed by atoms with Crippen LogP contribution in [-0.2, 0) is 0 Å². The Morgan fingerprint density at radius 2 is 1.86 bits per heavy atom. The Morgan fingerprint density at radius 3 is 2.29 bits per heavy atom. The molecular weight excluding hydrogens is 176 g/mol. The van der Waals surface area contributed by atoms with Crippen LogP contribution >= 0.6 is 0 Å². The number of carbonyl (C=O) groups excluding carboxylic acids is 1. The van der Waals surface area contributed by atoms with E-state index in [4.69, 9.17) is 0 Å². The third-order valence-electron chi connectivity index (χ3n) is 3.47. The van der Waals surface area contributed by atoms with Gasteiger partial charge in [0, 0.05) is 11.6 Å². The molecule has 0 radical (unpaired) electrons. The number of rotatable bonds is 3. The Balaban J connectivity index is 1.74. The molecule has 2 aliphatic carbocycles. The number of nitrogens with one attached hydrogen (secondary N) is 2. The van der Waals surface area contributed by atoms with Crippen LogP contribution in [0.25, 0.3) is 0 Å². The Kier molecular flexibility index (Phi) is 2.41. The third-order valence-corrected chi connectivity index (χ3v) is 3.47. The molecule has 0 aliphatic heterocycles. The molecule has 0 unspecified atom stereocenters. The molecule has 0 spiro atoms. The fourth-order valence-electron chi connectivity index (χ4n) is 1.97. The fraction of sp³-hybridized carbons (Fsp3) is 0.909. The molecule has 0 bridgehead atoms. The van der Waals surface area contributed by atoms with Crippen molar-refractivity contribution >= 4 is 6.03 Å². The molecular formula is C11H20N2O. The summed E-state index contributed by atoms with van der Waals surface area (Å²) in [4.78, 5) is 11.6. The van der Waals surface area contributed by atoms with Gasteiger partial charge in [0.1, 0.15) is 0 Å². The van der Waals surface area contributed by atoms with E-state index in [-0.39, 0.29) is 11.6 Å². The van der Waals surface area contributed by atoms with Crippen molar-refractivity contribution in [3.05, 3.63) is 0 Å². The zero-order valence-corrected chi connectivity index (χ0v) is 9.10. The summed E-state index contributed by atoms with van der Waals surface area (Å²) in [6, 6.07) is 0.455. The van der Waals surface area contributed by atoms with Crippen molar-refractivity contribution in [2.24, 2.45) is 5.92 Å². The zero-order chi connectivity index (χ0) is 10.2. The minimum absolute atomic E-state index is 0.0200. The van der Waals surface area contributed by atoms with Crippen LogP contribution < -0.4 is 10.6 Å². The first kappa shape index (κ1) is 9.81. The standard InChI is InChI=1S/C11H20N2O/c1-11(2,8-6-7-8)13-10(14)12-9-4-3-5-9/h8-9H,3-7H2,1-2H3,(H2,12,13,14). The highest BCUT2D eigenvalue weighted by atomic mass is 16.2. The van der Waals surface area contributed by atoms with E-state index in [1.54, 1.807) is 0 Å². The van der Waals surface area contributed by atoms with Crippen molar-refractivity contribution < 1.29 is 4.79 Å². The Hall–Kier alpha value is -0.730. The molecule has 3 nitrogen and oxygen atoms in total. The van der Waals surface area contributed by atoms with Crippen LogP contribution in [0.1, 0.15) is 46.0 Å². The number of amides is 2. The van der Waals surface area contributed by atoms with Crippen LogP contribution in [0.2, 0.25) is 0 Å². The maximum atomic E-state index is 11.6. The number of urea groups is 1. The molecule has 14 heavy (non-hydrogen) atoms. The van der Waals surface area contributed by atoms with Crippen molar-refractivity contribution in [3.63, 3.8) is 0 Å². The van der Waals surface area contributed by atoms with Crippen LogP contribution in [0.3, 0.4) is 0 Å². The fourth-order valence-corrected chi connectivity index (χ4v) is 1.97. The highest BCUT2D eigenvalue weighted by Gasteiger charge is 2.39. The van der Waals surface area contributed by atoms with Crippen molar-refractivity contribution in [1.29, 1.82) is 0 Å². The second kappa shape index (κ2) is 3.44. The average molecular weight is 196 g/mol. The van der Waals surface area contributed by atoms with E-state index in [0.29, 0.717) is 12.0 Å². The van der Waals surface area contributed by atoms with Crippen molar-refractivity contribution in [1.82, 2.24) is 10.6 Å². The monoisotopic (exact) mass is 196 g/mol. The molecule has 0 aromatic rings. The number of carbonyl (C=O) groups is 1. The van der Waals surface area contributed by atoms with E-state index in [9.17, 15) is 4.79 Å². The molecule has 2 fully saturated rings. The van der Waals surface area contributed by atoms with Crippen LogP contribution in [0, 0.1) is 5.92 Å². The van der Waals surface area contributed by atoms with E-state index in [0.717, 1.165) is 12.8 Å². The van der Waals surface area contributed by atoms with Gasteiger partial charge in [0.15, 0.2) is 0 Å². The molecule has 2 N–H and O–H groups in total. The summed E-state index contributed by atoms with van der Waals surface area (Å²) >= 11 is 0. The second-order valence-corrected chi connectivity index (χ2v) is 5.22. The van der Waals surface area contributed by atoms with Crippen LogP contribution in [0.5, 0.6) is 0 Å². The van der Waals surface area contributed by atoms with E-state index >= 15 is 0 Å². The molecule has 2 saturated carbocycles. The van der Waals surface area contributed by atoms with Crippen LogP contribution in [0.15, 0.2) is 0 Å². The minimum Gasteiger partial charge on any atom is -0.335 e. The summed E-state index contributed by atoms with van der Waals surface area (Å²) in [5, 5.41) is 6.07. The van der Waals surface area contributed by atoms with E-state index in [2.05, 4.69) is 24.5 Å². The van der Waals surface area contributed by atoms with Crippen LogP contribution in [-0.4, -0.2) is 17.6 Å². The topological polar surface area (TPSA) is 41.1 Å². The lowest BCUT2D eigenvalue weighted by atomic mass is 9.93. The van der Waals surface area contributed by atoms with E-state index in [1.807, 2.05) is 0 Å². The summed E-state index contributed by atoms with van der Waals surface area (Å²) in [7, 11) is 0. The maximum absolute atomic E-state index is 11.6. The van der Waals surface area contributed by atoms with Crippen molar-refractivity contribution in [3.8, 4) is 0 Å². The highest BCUT2D eigenvalue weighted by Crippen LogP contribution is 2.39. The Bertz CT molecular complexity index is 229. The zero-order valence-electron chi connectivity index (χ0n) is 9.10. The quantitative estimate of drug-likeness (QED) is 0.712. The van der Waals surface area contributed by atoms with Crippen molar-refractivity contribution in [2.45, 2.75) is 57.5 Å². The molecule has 0 saturated heterocycles. The van der Waals surface area contributed by atoms with Gasteiger partial charge in [0.05, 0.1) is 0 Å². The predicted molar refractivity (Wildman–Crippen MR) is 56.1 cm³/mol. The average Bonchev–Trinajstić information content (AvgIpc) is 2.77. The predicted octanol–water partition coefficient (Wildman–Crippen LogP) is 2.03. The lowest BCUT2D eigenvalue weighted by molar-refractivity contribution is 0.214. The summed E-state index contributed by atoms with van der Waals surface area (Å²) in [5.74, 6) is 0.689. The summed E-state index contributed by atoms with van der Waals surface area (Å²) in [6.07, 6.45) is 6.08. The Morgan fingerprint density at radius 1 is 1.21 bits per heavy atom. The van der Waals surface area contributed by atoms with Gasteiger partial charge in [-0.1, -0.05) is 0 Å². The smallest absolute Gasteiger partial charge is 0.315 e. The lowest BCUT2D eigenvalue weighted by Crippen LogP contribution is -2.53. The Labute approximate surface area is 85.6 Å². The molecule has 0 aromatic carbocycles. The third kappa shape index (κ3) is 2.20. The molecule has 0 atom stereocenters. The number of hydrogen-bond acceptors (Lipinski definition) is 1. The number of hydrogen-bond donors (Lipinski definition) is 2. The van der Waals surface area contributed by atoms with Gasteiger partial charge >= 0.3 is 6.03 Å². The first-order valence-electron chi connectivity index (χ1n) is 5.66. The van der Waals surface area contributed by atoms with Gasteiger partial charge in [-0.05, 0) is 51.9 Å². The van der Waals surface area contributed by atoms with Gasteiger partial charge in [-0.25, -0.2) is 4.79 Å². The normalized spacial score (nSPS) is 22.7. The molecule has 2 aliphatic rings. The summed E-state index contributed by atoms with van der Waals surface area (Å²) in [6.45, 7) is 4.23.